The molecular weight excluding hydrogens is 406 g/mol. The molecule has 2 saturated heterocycles. The van der Waals surface area contributed by atoms with Crippen LogP contribution >= 0.6 is 0 Å². The van der Waals surface area contributed by atoms with Crippen LogP contribution < -0.4 is 0 Å². The molecule has 2 heterocycles. The summed E-state index contributed by atoms with van der Waals surface area (Å²) in [6.45, 7) is 6.54. The van der Waals surface area contributed by atoms with Crippen molar-refractivity contribution in [2.24, 2.45) is 11.8 Å². The first-order valence-corrected chi connectivity index (χ1v) is 10.6. The van der Waals surface area contributed by atoms with E-state index in [0.717, 1.165) is 24.9 Å². The van der Waals surface area contributed by atoms with Crippen molar-refractivity contribution >= 4 is 18.0 Å². The van der Waals surface area contributed by atoms with Gasteiger partial charge in [-0.15, -0.1) is 0 Å². The molecular formula is C22H33NO8. The van der Waals surface area contributed by atoms with E-state index in [4.69, 9.17) is 18.9 Å². The van der Waals surface area contributed by atoms with Crippen LogP contribution in [0.1, 0.15) is 53.4 Å². The van der Waals surface area contributed by atoms with Crippen molar-refractivity contribution in [1.29, 1.82) is 0 Å². The maximum absolute atomic E-state index is 13.6. The monoisotopic (exact) mass is 439 g/mol. The third kappa shape index (κ3) is 3.56. The molecule has 3 aliphatic rings. The average molecular weight is 440 g/mol. The van der Waals surface area contributed by atoms with Gasteiger partial charge in [0.1, 0.15) is 11.2 Å². The maximum atomic E-state index is 13.6. The van der Waals surface area contributed by atoms with Crippen LogP contribution in [0.2, 0.25) is 0 Å². The number of amides is 2. The van der Waals surface area contributed by atoms with Gasteiger partial charge in [0.25, 0.3) is 0 Å². The number of rotatable bonds is 4. The van der Waals surface area contributed by atoms with Gasteiger partial charge in [0.05, 0.1) is 19.1 Å². The molecule has 0 aromatic rings. The van der Waals surface area contributed by atoms with Gasteiger partial charge >= 0.3 is 12.1 Å². The number of methoxy groups -OCH3 is 2. The Morgan fingerprint density at radius 3 is 2.52 bits per heavy atom. The lowest BCUT2D eigenvalue weighted by molar-refractivity contribution is -0.218. The fourth-order valence-corrected chi connectivity index (χ4v) is 5.16. The first kappa shape index (κ1) is 23.7. The Balaban J connectivity index is 2.22. The lowest BCUT2D eigenvalue weighted by atomic mass is 9.68. The van der Waals surface area contributed by atoms with E-state index in [0.29, 0.717) is 6.42 Å². The van der Waals surface area contributed by atoms with Gasteiger partial charge in [0.2, 0.25) is 11.4 Å². The normalized spacial score (nSPS) is 36.3. The molecule has 4 unspecified atom stereocenters. The number of imide groups is 1. The van der Waals surface area contributed by atoms with Crippen LogP contribution in [0.15, 0.2) is 12.2 Å². The molecule has 174 valence electrons. The van der Waals surface area contributed by atoms with Crippen LogP contribution in [0.25, 0.3) is 0 Å². The summed E-state index contributed by atoms with van der Waals surface area (Å²) >= 11 is 0. The molecule has 3 rings (SSSR count). The number of esters is 1. The third-order valence-corrected chi connectivity index (χ3v) is 6.56. The molecule has 0 aromatic heterocycles. The predicted octanol–water partition coefficient (Wildman–Crippen LogP) is 2.16. The molecule has 31 heavy (non-hydrogen) atoms. The van der Waals surface area contributed by atoms with Crippen LogP contribution in [-0.2, 0) is 28.5 Å². The fourth-order valence-electron chi connectivity index (χ4n) is 5.16. The van der Waals surface area contributed by atoms with E-state index in [1.807, 2.05) is 12.2 Å². The number of allylic oxidation sites excluding steroid dienone is 1. The summed E-state index contributed by atoms with van der Waals surface area (Å²) in [5.74, 6) is -2.96. The Morgan fingerprint density at radius 1 is 1.32 bits per heavy atom. The van der Waals surface area contributed by atoms with Gasteiger partial charge in [0.15, 0.2) is 6.29 Å². The van der Waals surface area contributed by atoms with Crippen LogP contribution in [0, 0.1) is 11.8 Å². The predicted molar refractivity (Wildman–Crippen MR) is 109 cm³/mol. The maximum Gasteiger partial charge on any atom is 0.418 e. The topological polar surface area (TPSA) is 112 Å². The highest BCUT2D eigenvalue weighted by Gasteiger charge is 2.79. The standard InChI is InChI=1S/C22H33NO8/c1-20(2,3)31-19(27)23-17(25)14-12-15(28-5)30-21(14,4)22(23,18(26)29-6)16(24)13-10-8-7-9-11-13/h8,10,13-16,24H,7,9,11-12H2,1-6H3/t13-,14?,15?,16+,21?,22?/m1/s1. The van der Waals surface area contributed by atoms with Crippen LogP contribution in [0.4, 0.5) is 4.79 Å². The van der Waals surface area contributed by atoms with E-state index < -0.39 is 58.9 Å². The van der Waals surface area contributed by atoms with Crippen molar-refractivity contribution in [3.8, 4) is 0 Å². The minimum absolute atomic E-state index is 0.136. The molecule has 6 atom stereocenters. The number of hydrogen-bond donors (Lipinski definition) is 1. The zero-order valence-corrected chi connectivity index (χ0v) is 19.0. The highest BCUT2D eigenvalue weighted by atomic mass is 16.7. The van der Waals surface area contributed by atoms with E-state index in [2.05, 4.69) is 0 Å². The summed E-state index contributed by atoms with van der Waals surface area (Å²) in [5.41, 5.74) is -4.63. The minimum atomic E-state index is -2.13. The fraction of sp³-hybridized carbons (Fsp3) is 0.773. The van der Waals surface area contributed by atoms with E-state index >= 15 is 0 Å². The lowest BCUT2D eigenvalue weighted by Gasteiger charge is -2.48. The number of nitrogens with zero attached hydrogens (tertiary/aromatic N) is 1. The van der Waals surface area contributed by atoms with Crippen molar-refractivity contribution in [2.45, 2.75) is 82.5 Å². The first-order valence-electron chi connectivity index (χ1n) is 10.6. The lowest BCUT2D eigenvalue weighted by Crippen LogP contribution is -2.72. The molecule has 0 bridgehead atoms. The molecule has 0 aromatic carbocycles. The molecule has 2 fully saturated rings. The zero-order valence-electron chi connectivity index (χ0n) is 19.0. The number of carbonyl (C=O) groups excluding carboxylic acids is 3. The van der Waals surface area contributed by atoms with Gasteiger partial charge < -0.3 is 24.1 Å². The highest BCUT2D eigenvalue weighted by molar-refractivity contribution is 6.06. The highest BCUT2D eigenvalue weighted by Crippen LogP contribution is 2.56. The van der Waals surface area contributed by atoms with Crippen LogP contribution in [-0.4, -0.2) is 71.3 Å². The Morgan fingerprint density at radius 2 is 2.00 bits per heavy atom. The number of likely N-dealkylation sites (tertiary alicyclic amines) is 1. The summed E-state index contributed by atoms with van der Waals surface area (Å²) in [5, 5.41) is 11.7. The van der Waals surface area contributed by atoms with Gasteiger partial charge in [-0.3, -0.25) is 4.79 Å². The number of carbonyl (C=O) groups is 3. The van der Waals surface area contributed by atoms with E-state index in [1.54, 1.807) is 27.7 Å². The number of ether oxygens (including phenoxy) is 4. The Kier molecular flexibility index (Phi) is 6.25. The summed E-state index contributed by atoms with van der Waals surface area (Å²) in [4.78, 5) is 41.0. The van der Waals surface area contributed by atoms with Crippen LogP contribution in [0.5, 0.6) is 0 Å². The molecule has 2 aliphatic heterocycles. The third-order valence-electron chi connectivity index (χ3n) is 6.56. The van der Waals surface area contributed by atoms with Crippen molar-refractivity contribution in [3.05, 3.63) is 12.2 Å². The Hall–Kier alpha value is -1.97. The largest absolute Gasteiger partial charge is 0.467 e. The molecule has 0 spiro atoms. The molecule has 9 nitrogen and oxygen atoms in total. The molecule has 9 heteroatoms. The van der Waals surface area contributed by atoms with E-state index in [9.17, 15) is 19.5 Å². The molecule has 1 N–H and O–H groups in total. The molecule has 0 radical (unpaired) electrons. The SMILES string of the molecule is COC(=O)C1([C@@H](O)[C@@H]2C=CCCC2)N(C(=O)OC(C)(C)C)C(=O)C2CC(OC)OC21C. The van der Waals surface area contributed by atoms with Gasteiger partial charge in [0, 0.05) is 19.4 Å². The summed E-state index contributed by atoms with van der Waals surface area (Å²) in [7, 11) is 2.59. The minimum Gasteiger partial charge on any atom is -0.467 e. The van der Waals surface area contributed by atoms with Gasteiger partial charge in [-0.25, -0.2) is 14.5 Å². The van der Waals surface area contributed by atoms with Gasteiger partial charge in [-0.1, -0.05) is 12.2 Å². The first-order chi connectivity index (χ1) is 14.4. The second-order valence-electron chi connectivity index (χ2n) is 9.56. The summed E-state index contributed by atoms with van der Waals surface area (Å²) in [6.07, 6.45) is 2.87. The number of aliphatic hydroxyl groups excluding tert-OH is 1. The molecule has 1 aliphatic carbocycles. The summed E-state index contributed by atoms with van der Waals surface area (Å²) in [6, 6.07) is 0. The smallest absolute Gasteiger partial charge is 0.418 e. The zero-order chi connectivity index (χ0) is 23.2. The van der Waals surface area contributed by atoms with E-state index in [-0.39, 0.29) is 6.42 Å². The average Bonchev–Trinajstić information content (AvgIpc) is 3.15. The number of aliphatic hydroxyl groups is 1. The van der Waals surface area contributed by atoms with Gasteiger partial charge in [-0.05, 0) is 47.0 Å². The van der Waals surface area contributed by atoms with Crippen molar-refractivity contribution in [3.63, 3.8) is 0 Å². The summed E-state index contributed by atoms with van der Waals surface area (Å²) < 4.78 is 22.0. The second-order valence-corrected chi connectivity index (χ2v) is 9.56. The van der Waals surface area contributed by atoms with Crippen molar-refractivity contribution in [2.75, 3.05) is 14.2 Å². The van der Waals surface area contributed by atoms with Crippen LogP contribution in [0.3, 0.4) is 0 Å². The number of hydrogen-bond acceptors (Lipinski definition) is 8. The van der Waals surface area contributed by atoms with Crippen molar-refractivity contribution in [1.82, 2.24) is 4.90 Å². The second kappa shape index (κ2) is 8.18. The Labute approximate surface area is 182 Å². The molecule has 0 saturated carbocycles. The Bertz CT molecular complexity index is 774. The van der Waals surface area contributed by atoms with E-state index in [1.165, 1.54) is 7.11 Å². The number of fused-ring (bicyclic) bond motifs is 1. The van der Waals surface area contributed by atoms with Gasteiger partial charge in [-0.2, -0.15) is 0 Å². The van der Waals surface area contributed by atoms with Crippen molar-refractivity contribution < 1.29 is 38.4 Å². The molecule has 2 amide bonds. The quantitative estimate of drug-likeness (QED) is 0.524.